The van der Waals surface area contributed by atoms with E-state index in [2.05, 4.69) is 24.8 Å². The van der Waals surface area contributed by atoms with E-state index < -0.39 is 16.0 Å². The van der Waals surface area contributed by atoms with Gasteiger partial charge in [-0.3, -0.25) is 9.40 Å². The second kappa shape index (κ2) is 9.76. The minimum absolute atomic E-state index is 0.0125. The molecule has 0 aliphatic carbocycles. The van der Waals surface area contributed by atoms with E-state index in [1.54, 1.807) is 53.8 Å². The molecule has 0 fully saturated rings. The van der Waals surface area contributed by atoms with Gasteiger partial charge >= 0.3 is 0 Å². The van der Waals surface area contributed by atoms with Gasteiger partial charge in [0.15, 0.2) is 10.9 Å². The SMILES string of the molecule is Cn1cc(-c2nc(-c3cccnc3F)ccc2Oc2ccc(S(=O)(=O)Nc3nccs3)cc2C#N)cn1. The Kier molecular flexibility index (Phi) is 6.34. The first-order valence-corrected chi connectivity index (χ1v) is 13.0. The van der Waals surface area contributed by atoms with Crippen LogP contribution in [0.1, 0.15) is 5.56 Å². The molecule has 5 rings (SSSR count). The molecule has 0 radical (unpaired) electrons. The van der Waals surface area contributed by atoms with Gasteiger partial charge in [0.2, 0.25) is 5.95 Å². The maximum atomic E-state index is 14.3. The summed E-state index contributed by atoms with van der Waals surface area (Å²) in [6.45, 7) is 0. The van der Waals surface area contributed by atoms with Crippen LogP contribution in [0.15, 0.2) is 77.5 Å². The third-order valence-electron chi connectivity index (χ3n) is 5.13. The number of nitrogens with one attached hydrogen (secondary N) is 1. The highest BCUT2D eigenvalue weighted by Gasteiger charge is 2.20. The smallest absolute Gasteiger partial charge is 0.263 e. The molecular weight excluding hydrogens is 517 g/mol. The summed E-state index contributed by atoms with van der Waals surface area (Å²) in [5.74, 6) is -0.298. The maximum Gasteiger partial charge on any atom is 0.263 e. The fourth-order valence-corrected chi connectivity index (χ4v) is 5.24. The molecule has 0 aliphatic rings. The van der Waals surface area contributed by atoms with E-state index in [0.717, 1.165) is 11.3 Å². The zero-order chi connectivity index (χ0) is 26.0. The Morgan fingerprint density at radius 3 is 2.68 bits per heavy atom. The lowest BCUT2D eigenvalue weighted by Gasteiger charge is -2.13. The molecule has 5 aromatic rings. The standard InChI is InChI=1S/C24H16FN7O3S2/c1-32-14-16(13-29-32)22-21(7-5-19(30-22)18-3-2-8-27-23(18)25)35-20-6-4-17(11-15(20)12-26)37(33,34)31-24-28-9-10-36-24/h2-11,13-14H,1H3,(H,28,31). The number of aryl methyl sites for hydroxylation is 1. The summed E-state index contributed by atoms with van der Waals surface area (Å²) >= 11 is 1.13. The number of hydrogen-bond donors (Lipinski definition) is 1. The van der Waals surface area contributed by atoms with Crippen molar-refractivity contribution in [2.75, 3.05) is 4.72 Å². The van der Waals surface area contributed by atoms with Gasteiger partial charge in [-0.25, -0.2) is 23.4 Å². The minimum Gasteiger partial charge on any atom is -0.454 e. The lowest BCUT2D eigenvalue weighted by Crippen LogP contribution is -2.13. The fourth-order valence-electron chi connectivity index (χ4n) is 3.42. The predicted octanol–water partition coefficient (Wildman–Crippen LogP) is 4.60. The van der Waals surface area contributed by atoms with E-state index >= 15 is 0 Å². The van der Waals surface area contributed by atoms with Gasteiger partial charge in [-0.15, -0.1) is 11.3 Å². The molecule has 0 saturated carbocycles. The maximum absolute atomic E-state index is 14.3. The number of ether oxygens (including phenoxy) is 1. The van der Waals surface area contributed by atoms with Gasteiger partial charge in [-0.2, -0.15) is 14.8 Å². The Hall–Kier alpha value is -4.67. The van der Waals surface area contributed by atoms with Crippen LogP contribution in [0.25, 0.3) is 22.5 Å². The quantitative estimate of drug-likeness (QED) is 0.300. The minimum atomic E-state index is -3.97. The summed E-state index contributed by atoms with van der Waals surface area (Å²) in [7, 11) is -2.23. The van der Waals surface area contributed by atoms with Gasteiger partial charge in [-0.1, -0.05) is 0 Å². The van der Waals surface area contributed by atoms with Crippen LogP contribution >= 0.6 is 11.3 Å². The largest absolute Gasteiger partial charge is 0.454 e. The molecular formula is C24H16FN7O3S2. The van der Waals surface area contributed by atoms with E-state index in [4.69, 9.17) is 4.74 Å². The number of rotatable bonds is 7. The van der Waals surface area contributed by atoms with Crippen LogP contribution in [-0.4, -0.2) is 33.2 Å². The molecule has 1 N–H and O–H groups in total. The zero-order valence-corrected chi connectivity index (χ0v) is 20.7. The summed E-state index contributed by atoms with van der Waals surface area (Å²) < 4.78 is 49.8. The van der Waals surface area contributed by atoms with Gasteiger partial charge in [0, 0.05) is 36.6 Å². The number of pyridine rings is 2. The molecule has 4 aromatic heterocycles. The van der Waals surface area contributed by atoms with Gasteiger partial charge in [0.1, 0.15) is 17.5 Å². The highest BCUT2D eigenvalue weighted by atomic mass is 32.2. The Balaban J connectivity index is 1.53. The highest BCUT2D eigenvalue weighted by molar-refractivity contribution is 7.93. The molecule has 0 saturated heterocycles. The van der Waals surface area contributed by atoms with Gasteiger partial charge in [0.05, 0.1) is 27.9 Å². The molecule has 0 spiro atoms. The van der Waals surface area contributed by atoms with Crippen LogP contribution in [0.2, 0.25) is 0 Å². The van der Waals surface area contributed by atoms with Crippen molar-refractivity contribution >= 4 is 26.5 Å². The molecule has 184 valence electrons. The van der Waals surface area contributed by atoms with Crippen LogP contribution in [0.5, 0.6) is 11.5 Å². The molecule has 37 heavy (non-hydrogen) atoms. The highest BCUT2D eigenvalue weighted by Crippen LogP contribution is 2.36. The lowest BCUT2D eigenvalue weighted by molar-refractivity contribution is 0.480. The third kappa shape index (κ3) is 5.01. The summed E-state index contributed by atoms with van der Waals surface area (Å²) in [5, 5.41) is 15.7. The van der Waals surface area contributed by atoms with Crippen molar-refractivity contribution in [2.45, 2.75) is 4.90 Å². The van der Waals surface area contributed by atoms with Crippen molar-refractivity contribution in [1.82, 2.24) is 24.7 Å². The molecule has 13 heteroatoms. The first-order valence-electron chi connectivity index (χ1n) is 10.6. The van der Waals surface area contributed by atoms with Crippen molar-refractivity contribution in [2.24, 2.45) is 7.05 Å². The van der Waals surface area contributed by atoms with Gasteiger partial charge in [-0.05, 0) is 42.5 Å². The topological polar surface area (TPSA) is 136 Å². The number of sulfonamides is 1. The van der Waals surface area contributed by atoms with Crippen LogP contribution < -0.4 is 9.46 Å². The van der Waals surface area contributed by atoms with Crippen LogP contribution in [0, 0.1) is 17.3 Å². The predicted molar refractivity (Wildman–Crippen MR) is 134 cm³/mol. The van der Waals surface area contributed by atoms with E-state index in [9.17, 15) is 18.1 Å². The summed E-state index contributed by atoms with van der Waals surface area (Å²) in [6, 6.07) is 12.2. The summed E-state index contributed by atoms with van der Waals surface area (Å²) in [5.41, 5.74) is 1.46. The third-order valence-corrected chi connectivity index (χ3v) is 7.28. The first kappa shape index (κ1) is 24.0. The first-order chi connectivity index (χ1) is 17.8. The zero-order valence-electron chi connectivity index (χ0n) is 19.0. The van der Waals surface area contributed by atoms with Crippen molar-refractivity contribution in [3.8, 4) is 40.1 Å². The molecule has 0 aliphatic heterocycles. The van der Waals surface area contributed by atoms with Crippen LogP contribution in [0.4, 0.5) is 9.52 Å². The van der Waals surface area contributed by atoms with Gasteiger partial charge in [0.25, 0.3) is 10.0 Å². The number of hydrogen-bond acceptors (Lipinski definition) is 9. The molecule has 0 amide bonds. The van der Waals surface area contributed by atoms with E-state index in [0.29, 0.717) is 17.0 Å². The number of halogens is 1. The number of nitriles is 1. The molecule has 0 atom stereocenters. The molecule has 4 heterocycles. The monoisotopic (exact) mass is 533 g/mol. The molecule has 0 unspecified atom stereocenters. The number of aromatic nitrogens is 5. The van der Waals surface area contributed by atoms with E-state index in [1.807, 2.05) is 6.07 Å². The number of anilines is 1. The fraction of sp³-hybridized carbons (Fsp3) is 0.0417. The van der Waals surface area contributed by atoms with Crippen molar-refractivity contribution in [3.63, 3.8) is 0 Å². The number of nitrogens with zero attached hydrogens (tertiary/aromatic N) is 6. The van der Waals surface area contributed by atoms with E-state index in [-0.39, 0.29) is 32.7 Å². The summed E-state index contributed by atoms with van der Waals surface area (Å²) in [6.07, 6.45) is 6.10. The Morgan fingerprint density at radius 1 is 1.14 bits per heavy atom. The number of thiazole rings is 1. The number of benzene rings is 1. The Bertz CT molecular complexity index is 1750. The van der Waals surface area contributed by atoms with Crippen LogP contribution in [0.3, 0.4) is 0 Å². The Labute approximate surface area is 214 Å². The molecule has 10 nitrogen and oxygen atoms in total. The van der Waals surface area contributed by atoms with Crippen molar-refractivity contribution in [1.29, 1.82) is 5.26 Å². The molecule has 1 aromatic carbocycles. The normalized spacial score (nSPS) is 11.2. The van der Waals surface area contributed by atoms with Crippen molar-refractivity contribution in [3.05, 3.63) is 84.1 Å². The average Bonchev–Trinajstić information content (AvgIpc) is 3.56. The summed E-state index contributed by atoms with van der Waals surface area (Å²) in [4.78, 5) is 12.1. The second-order valence-electron chi connectivity index (χ2n) is 7.60. The molecule has 0 bridgehead atoms. The van der Waals surface area contributed by atoms with Gasteiger partial charge < -0.3 is 4.74 Å². The van der Waals surface area contributed by atoms with Crippen molar-refractivity contribution < 1.29 is 17.5 Å². The lowest BCUT2D eigenvalue weighted by atomic mass is 10.1. The van der Waals surface area contributed by atoms with Crippen LogP contribution in [-0.2, 0) is 17.1 Å². The van der Waals surface area contributed by atoms with E-state index in [1.165, 1.54) is 30.6 Å². The Morgan fingerprint density at radius 2 is 1.97 bits per heavy atom. The average molecular weight is 534 g/mol. The second-order valence-corrected chi connectivity index (χ2v) is 10.2.